The highest BCUT2D eigenvalue weighted by molar-refractivity contribution is 5.94. The molecule has 0 amide bonds. The number of aldehydes is 1. The second-order valence-corrected chi connectivity index (χ2v) is 3.76. The summed E-state index contributed by atoms with van der Waals surface area (Å²) in [6.07, 6.45) is 0.616. The van der Waals surface area contributed by atoms with Crippen molar-refractivity contribution in [2.45, 2.75) is 18.9 Å². The number of halogens is 1. The first kappa shape index (κ1) is 9.83. The average molecular weight is 208 g/mol. The summed E-state index contributed by atoms with van der Waals surface area (Å²) in [5.74, 6) is -1.12. The lowest BCUT2D eigenvalue weighted by Gasteiger charge is -2.29. The van der Waals surface area contributed by atoms with Crippen molar-refractivity contribution >= 4 is 12.3 Å². The molecule has 0 aromatic heterocycles. The van der Waals surface area contributed by atoms with Gasteiger partial charge in [0.15, 0.2) is 11.9 Å². The molecule has 1 aliphatic rings. The van der Waals surface area contributed by atoms with Gasteiger partial charge in [0.2, 0.25) is 0 Å². The number of esters is 1. The van der Waals surface area contributed by atoms with Crippen LogP contribution in [0.25, 0.3) is 0 Å². The second-order valence-electron chi connectivity index (χ2n) is 3.76. The summed E-state index contributed by atoms with van der Waals surface area (Å²) in [5, 5.41) is 0. The third-order valence-corrected chi connectivity index (χ3v) is 2.44. The van der Waals surface area contributed by atoms with E-state index >= 15 is 0 Å². The van der Waals surface area contributed by atoms with Crippen LogP contribution in [-0.2, 0) is 16.0 Å². The van der Waals surface area contributed by atoms with Crippen molar-refractivity contribution < 1.29 is 18.7 Å². The van der Waals surface area contributed by atoms with Gasteiger partial charge in [-0.2, -0.15) is 0 Å². The Morgan fingerprint density at radius 3 is 2.93 bits per heavy atom. The highest BCUT2D eigenvalue weighted by atomic mass is 19.1. The summed E-state index contributed by atoms with van der Waals surface area (Å²) in [4.78, 5) is 22.2. The summed E-state index contributed by atoms with van der Waals surface area (Å²) in [6.45, 7) is 1.47. The van der Waals surface area contributed by atoms with Crippen molar-refractivity contribution in [1.29, 1.82) is 0 Å². The number of hydrogen-bond donors (Lipinski definition) is 0. The minimum atomic E-state index is -1.24. The average Bonchev–Trinajstić information content (AvgIpc) is 2.20. The summed E-state index contributed by atoms with van der Waals surface area (Å²) in [5.41, 5.74) is -0.788. The maximum absolute atomic E-state index is 13.4. The van der Waals surface area contributed by atoms with E-state index in [1.165, 1.54) is 25.1 Å². The van der Waals surface area contributed by atoms with Gasteiger partial charge < -0.3 is 4.74 Å². The third kappa shape index (κ3) is 1.52. The van der Waals surface area contributed by atoms with E-state index in [4.69, 9.17) is 4.74 Å². The molecule has 4 heteroatoms. The predicted octanol–water partition coefficient (Wildman–Crippen LogP) is 1.50. The highest BCUT2D eigenvalue weighted by Crippen LogP contribution is 2.28. The van der Waals surface area contributed by atoms with Crippen molar-refractivity contribution in [3.05, 3.63) is 35.1 Å². The maximum atomic E-state index is 13.4. The molecule has 0 saturated heterocycles. The fraction of sp³-hybridized carbons (Fsp3) is 0.273. The highest BCUT2D eigenvalue weighted by Gasteiger charge is 2.37. The van der Waals surface area contributed by atoms with Gasteiger partial charge in [-0.15, -0.1) is 0 Å². The van der Waals surface area contributed by atoms with Crippen LogP contribution in [0.15, 0.2) is 18.2 Å². The molecule has 0 fully saturated rings. The van der Waals surface area contributed by atoms with Crippen LogP contribution in [0.1, 0.15) is 22.8 Å². The van der Waals surface area contributed by atoms with Crippen LogP contribution in [0, 0.1) is 5.82 Å². The Balaban J connectivity index is 2.55. The van der Waals surface area contributed by atoms with Crippen LogP contribution in [0.5, 0.6) is 0 Å². The Morgan fingerprint density at radius 2 is 2.27 bits per heavy atom. The lowest BCUT2D eigenvalue weighted by atomic mass is 9.91. The van der Waals surface area contributed by atoms with Crippen molar-refractivity contribution in [2.75, 3.05) is 0 Å². The van der Waals surface area contributed by atoms with Crippen molar-refractivity contribution in [3.8, 4) is 0 Å². The summed E-state index contributed by atoms with van der Waals surface area (Å²) in [6, 6.07) is 4.20. The first-order valence-corrected chi connectivity index (χ1v) is 4.53. The zero-order chi connectivity index (χ0) is 11.1. The first-order chi connectivity index (χ1) is 7.06. The van der Waals surface area contributed by atoms with E-state index in [0.29, 0.717) is 6.29 Å². The SMILES string of the molecule is CC1(C=O)Cc2c(F)cccc2C(=O)O1. The van der Waals surface area contributed by atoms with Gasteiger partial charge in [-0.1, -0.05) is 6.07 Å². The molecule has 0 bridgehead atoms. The molecular formula is C11H9FO3. The Kier molecular flexibility index (Phi) is 2.07. The molecule has 0 saturated carbocycles. The first-order valence-electron chi connectivity index (χ1n) is 4.53. The number of benzene rings is 1. The van der Waals surface area contributed by atoms with Gasteiger partial charge in [-0.3, -0.25) is 4.79 Å². The molecule has 3 nitrogen and oxygen atoms in total. The largest absolute Gasteiger partial charge is 0.448 e. The molecule has 1 atom stereocenters. The van der Waals surface area contributed by atoms with E-state index in [0.717, 1.165) is 0 Å². The molecule has 1 unspecified atom stereocenters. The molecule has 1 aliphatic heterocycles. The number of carbonyl (C=O) groups excluding carboxylic acids is 2. The van der Waals surface area contributed by atoms with Gasteiger partial charge in [-0.05, 0) is 19.1 Å². The van der Waals surface area contributed by atoms with Crippen LogP contribution in [0.2, 0.25) is 0 Å². The number of rotatable bonds is 1. The fourth-order valence-electron chi connectivity index (χ4n) is 1.65. The summed E-state index contributed by atoms with van der Waals surface area (Å²) >= 11 is 0. The van der Waals surface area contributed by atoms with Crippen LogP contribution in [0.4, 0.5) is 4.39 Å². The van der Waals surface area contributed by atoms with Crippen molar-refractivity contribution in [1.82, 2.24) is 0 Å². The third-order valence-electron chi connectivity index (χ3n) is 2.44. The van der Waals surface area contributed by atoms with Crippen LogP contribution in [-0.4, -0.2) is 17.9 Å². The Morgan fingerprint density at radius 1 is 1.53 bits per heavy atom. The molecule has 0 aliphatic carbocycles. The van der Waals surface area contributed by atoms with Crippen LogP contribution < -0.4 is 0 Å². The van der Waals surface area contributed by atoms with Crippen molar-refractivity contribution in [2.24, 2.45) is 0 Å². The molecule has 1 aromatic carbocycles. The molecular weight excluding hydrogens is 199 g/mol. The van der Waals surface area contributed by atoms with Crippen molar-refractivity contribution in [3.63, 3.8) is 0 Å². The molecule has 0 radical (unpaired) electrons. The molecule has 2 rings (SSSR count). The molecule has 0 N–H and O–H groups in total. The molecule has 1 aromatic rings. The fourth-order valence-corrected chi connectivity index (χ4v) is 1.65. The zero-order valence-corrected chi connectivity index (χ0v) is 8.12. The van der Waals surface area contributed by atoms with Gasteiger partial charge >= 0.3 is 5.97 Å². The summed E-state index contributed by atoms with van der Waals surface area (Å²) in [7, 11) is 0. The topological polar surface area (TPSA) is 43.4 Å². The number of carbonyl (C=O) groups is 2. The van der Waals surface area contributed by atoms with Gasteiger partial charge in [0.05, 0.1) is 5.56 Å². The molecule has 1 heterocycles. The normalized spacial score (nSPS) is 24.3. The molecule has 15 heavy (non-hydrogen) atoms. The van der Waals surface area contributed by atoms with E-state index in [9.17, 15) is 14.0 Å². The van der Waals surface area contributed by atoms with Gasteiger partial charge in [0, 0.05) is 12.0 Å². The minimum absolute atomic E-state index is 0.0875. The van der Waals surface area contributed by atoms with E-state index in [2.05, 4.69) is 0 Å². The number of ether oxygens (including phenoxy) is 1. The summed E-state index contributed by atoms with van der Waals surface area (Å²) < 4.78 is 18.3. The monoisotopic (exact) mass is 208 g/mol. The lowest BCUT2D eigenvalue weighted by Crippen LogP contribution is -2.40. The quantitative estimate of drug-likeness (QED) is 0.518. The second kappa shape index (κ2) is 3.15. The Bertz CT molecular complexity index is 441. The zero-order valence-electron chi connectivity index (χ0n) is 8.12. The van der Waals surface area contributed by atoms with E-state index in [-0.39, 0.29) is 17.5 Å². The molecule has 0 spiro atoms. The van der Waals surface area contributed by atoms with E-state index < -0.39 is 17.4 Å². The van der Waals surface area contributed by atoms with E-state index in [1.807, 2.05) is 0 Å². The Labute approximate surface area is 85.9 Å². The van der Waals surface area contributed by atoms with Gasteiger partial charge in [0.1, 0.15) is 5.82 Å². The predicted molar refractivity (Wildman–Crippen MR) is 50.0 cm³/mol. The molecule has 78 valence electrons. The van der Waals surface area contributed by atoms with E-state index in [1.54, 1.807) is 0 Å². The standard InChI is InChI=1S/C11H9FO3/c1-11(6-13)5-8-7(10(14)15-11)3-2-4-9(8)12/h2-4,6H,5H2,1H3. The number of fused-ring (bicyclic) bond motifs is 1. The number of cyclic esters (lactones) is 1. The van der Waals surface area contributed by atoms with Gasteiger partial charge in [0.25, 0.3) is 0 Å². The Hall–Kier alpha value is -1.71. The number of hydrogen-bond acceptors (Lipinski definition) is 3. The minimum Gasteiger partial charge on any atom is -0.448 e. The lowest BCUT2D eigenvalue weighted by molar-refractivity contribution is -0.124. The van der Waals surface area contributed by atoms with Crippen LogP contribution in [0.3, 0.4) is 0 Å². The van der Waals surface area contributed by atoms with Gasteiger partial charge in [-0.25, -0.2) is 9.18 Å². The van der Waals surface area contributed by atoms with Crippen LogP contribution >= 0.6 is 0 Å². The smallest absolute Gasteiger partial charge is 0.339 e. The maximum Gasteiger partial charge on any atom is 0.339 e.